The van der Waals surface area contributed by atoms with Crippen molar-refractivity contribution in [3.63, 3.8) is 0 Å². The number of hydrogen-bond acceptors (Lipinski definition) is 3. The van der Waals surface area contributed by atoms with Crippen molar-refractivity contribution in [2.45, 2.75) is 33.7 Å². The normalized spacial score (nSPS) is 11.1. The molecule has 0 bridgehead atoms. The van der Waals surface area contributed by atoms with Gasteiger partial charge in [0.15, 0.2) is 0 Å². The fourth-order valence-corrected chi connectivity index (χ4v) is 1.53. The van der Waals surface area contributed by atoms with Gasteiger partial charge in [-0.2, -0.15) is 0 Å². The SMILES string of the molecule is CC(C)CN(c1ccc(N)cn1)C(C)C. The van der Waals surface area contributed by atoms with Gasteiger partial charge in [-0.15, -0.1) is 0 Å². The number of nitrogens with two attached hydrogens (primary N) is 1. The molecule has 0 fully saturated rings. The van der Waals surface area contributed by atoms with Crippen LogP contribution >= 0.6 is 0 Å². The van der Waals surface area contributed by atoms with Gasteiger partial charge in [-0.05, 0) is 31.9 Å². The van der Waals surface area contributed by atoms with Crippen LogP contribution in [0.15, 0.2) is 18.3 Å². The zero-order chi connectivity index (χ0) is 11.4. The molecule has 1 rings (SSSR count). The predicted molar refractivity (Wildman–Crippen MR) is 66.0 cm³/mol. The molecule has 1 aromatic heterocycles. The van der Waals surface area contributed by atoms with Crippen molar-refractivity contribution in [3.8, 4) is 0 Å². The molecule has 0 aliphatic carbocycles. The zero-order valence-corrected chi connectivity index (χ0v) is 10.1. The van der Waals surface area contributed by atoms with Crippen LogP contribution < -0.4 is 10.6 Å². The summed E-state index contributed by atoms with van der Waals surface area (Å²) in [5.41, 5.74) is 6.34. The maximum Gasteiger partial charge on any atom is 0.128 e. The van der Waals surface area contributed by atoms with Gasteiger partial charge in [-0.3, -0.25) is 0 Å². The summed E-state index contributed by atoms with van der Waals surface area (Å²) in [6, 6.07) is 4.35. The maximum atomic E-state index is 5.62. The molecule has 0 atom stereocenters. The van der Waals surface area contributed by atoms with E-state index in [1.54, 1.807) is 6.20 Å². The van der Waals surface area contributed by atoms with Gasteiger partial charge in [0.05, 0.1) is 11.9 Å². The second-order valence-electron chi connectivity index (χ2n) is 4.59. The molecular formula is C12H21N3. The molecule has 84 valence electrons. The summed E-state index contributed by atoms with van der Waals surface area (Å²) in [4.78, 5) is 6.65. The molecule has 0 amide bonds. The average molecular weight is 207 g/mol. The highest BCUT2D eigenvalue weighted by atomic mass is 15.2. The van der Waals surface area contributed by atoms with Crippen molar-refractivity contribution in [3.05, 3.63) is 18.3 Å². The number of hydrogen-bond donors (Lipinski definition) is 1. The zero-order valence-electron chi connectivity index (χ0n) is 10.1. The third-order valence-electron chi connectivity index (χ3n) is 2.25. The van der Waals surface area contributed by atoms with E-state index in [2.05, 4.69) is 37.6 Å². The van der Waals surface area contributed by atoms with Gasteiger partial charge in [-0.25, -0.2) is 4.98 Å². The molecule has 3 nitrogen and oxygen atoms in total. The van der Waals surface area contributed by atoms with Gasteiger partial charge in [0.1, 0.15) is 5.82 Å². The summed E-state index contributed by atoms with van der Waals surface area (Å²) in [6.45, 7) is 9.81. The molecule has 3 heteroatoms. The van der Waals surface area contributed by atoms with Gasteiger partial charge in [-0.1, -0.05) is 13.8 Å². The smallest absolute Gasteiger partial charge is 0.128 e. The minimum Gasteiger partial charge on any atom is -0.397 e. The molecule has 1 aromatic rings. The van der Waals surface area contributed by atoms with E-state index < -0.39 is 0 Å². The Bertz CT molecular complexity index is 290. The van der Waals surface area contributed by atoms with Crippen LogP contribution in [-0.4, -0.2) is 17.6 Å². The Kier molecular flexibility index (Phi) is 3.95. The molecular weight excluding hydrogens is 186 g/mol. The van der Waals surface area contributed by atoms with Crippen molar-refractivity contribution in [1.82, 2.24) is 4.98 Å². The topological polar surface area (TPSA) is 42.1 Å². The summed E-state index contributed by atoms with van der Waals surface area (Å²) in [6.07, 6.45) is 1.71. The molecule has 0 radical (unpaired) electrons. The lowest BCUT2D eigenvalue weighted by Crippen LogP contribution is -2.34. The molecule has 0 unspecified atom stereocenters. The number of nitrogens with zero attached hydrogens (tertiary/aromatic N) is 2. The Morgan fingerprint density at radius 2 is 1.93 bits per heavy atom. The van der Waals surface area contributed by atoms with Crippen LogP contribution in [0.25, 0.3) is 0 Å². The maximum absolute atomic E-state index is 5.62. The fourth-order valence-electron chi connectivity index (χ4n) is 1.53. The first-order chi connectivity index (χ1) is 7.00. The van der Waals surface area contributed by atoms with Crippen LogP contribution in [0.1, 0.15) is 27.7 Å². The highest BCUT2D eigenvalue weighted by Gasteiger charge is 2.12. The van der Waals surface area contributed by atoms with E-state index in [0.717, 1.165) is 12.4 Å². The largest absolute Gasteiger partial charge is 0.397 e. The van der Waals surface area contributed by atoms with E-state index in [1.807, 2.05) is 12.1 Å². The third-order valence-corrected chi connectivity index (χ3v) is 2.25. The first-order valence-electron chi connectivity index (χ1n) is 5.49. The van der Waals surface area contributed by atoms with Crippen molar-refractivity contribution >= 4 is 11.5 Å². The lowest BCUT2D eigenvalue weighted by molar-refractivity contribution is 0.566. The molecule has 0 spiro atoms. The van der Waals surface area contributed by atoms with E-state index in [4.69, 9.17) is 5.73 Å². The van der Waals surface area contributed by atoms with Gasteiger partial charge in [0, 0.05) is 12.6 Å². The molecule has 0 aliphatic heterocycles. The molecule has 0 aliphatic rings. The molecule has 0 aromatic carbocycles. The van der Waals surface area contributed by atoms with Crippen LogP contribution in [0, 0.1) is 5.92 Å². The fraction of sp³-hybridized carbons (Fsp3) is 0.583. The summed E-state index contributed by atoms with van der Waals surface area (Å²) >= 11 is 0. The Balaban J connectivity index is 2.84. The van der Waals surface area contributed by atoms with Crippen molar-refractivity contribution < 1.29 is 0 Å². The minimum absolute atomic E-state index is 0.462. The van der Waals surface area contributed by atoms with E-state index in [0.29, 0.717) is 17.6 Å². The number of anilines is 2. The Labute approximate surface area is 92.3 Å². The Hall–Kier alpha value is -1.25. The highest BCUT2D eigenvalue weighted by Crippen LogP contribution is 2.16. The van der Waals surface area contributed by atoms with E-state index in [-0.39, 0.29) is 0 Å². The summed E-state index contributed by atoms with van der Waals surface area (Å²) < 4.78 is 0. The number of nitrogen functional groups attached to an aromatic ring is 1. The van der Waals surface area contributed by atoms with Gasteiger partial charge in [0.2, 0.25) is 0 Å². The Morgan fingerprint density at radius 3 is 2.33 bits per heavy atom. The van der Waals surface area contributed by atoms with Crippen LogP contribution in [0.3, 0.4) is 0 Å². The number of pyridine rings is 1. The predicted octanol–water partition coefficient (Wildman–Crippen LogP) is 2.53. The molecule has 0 saturated heterocycles. The Morgan fingerprint density at radius 1 is 1.27 bits per heavy atom. The van der Waals surface area contributed by atoms with Gasteiger partial charge < -0.3 is 10.6 Å². The van der Waals surface area contributed by atoms with Crippen molar-refractivity contribution in [2.75, 3.05) is 17.2 Å². The first-order valence-corrected chi connectivity index (χ1v) is 5.49. The molecule has 0 saturated carbocycles. The van der Waals surface area contributed by atoms with Crippen LogP contribution in [0.4, 0.5) is 11.5 Å². The summed E-state index contributed by atoms with van der Waals surface area (Å²) in [7, 11) is 0. The van der Waals surface area contributed by atoms with E-state index in [9.17, 15) is 0 Å². The third kappa shape index (κ3) is 3.42. The second-order valence-corrected chi connectivity index (χ2v) is 4.59. The number of aromatic nitrogens is 1. The van der Waals surface area contributed by atoms with Crippen molar-refractivity contribution in [2.24, 2.45) is 5.92 Å². The molecule has 2 N–H and O–H groups in total. The summed E-state index contributed by atoms with van der Waals surface area (Å²) in [5.74, 6) is 1.64. The van der Waals surface area contributed by atoms with Crippen LogP contribution in [0.5, 0.6) is 0 Å². The molecule has 1 heterocycles. The van der Waals surface area contributed by atoms with Crippen LogP contribution in [-0.2, 0) is 0 Å². The number of rotatable bonds is 4. The quantitative estimate of drug-likeness (QED) is 0.825. The highest BCUT2D eigenvalue weighted by molar-refractivity contribution is 5.46. The summed E-state index contributed by atoms with van der Waals surface area (Å²) in [5, 5.41) is 0. The van der Waals surface area contributed by atoms with E-state index >= 15 is 0 Å². The average Bonchev–Trinajstić information content (AvgIpc) is 2.15. The van der Waals surface area contributed by atoms with Gasteiger partial charge in [0.25, 0.3) is 0 Å². The van der Waals surface area contributed by atoms with Crippen LogP contribution in [0.2, 0.25) is 0 Å². The monoisotopic (exact) mass is 207 g/mol. The van der Waals surface area contributed by atoms with E-state index in [1.165, 1.54) is 0 Å². The van der Waals surface area contributed by atoms with Crippen molar-refractivity contribution in [1.29, 1.82) is 0 Å². The minimum atomic E-state index is 0.462. The second kappa shape index (κ2) is 5.01. The lowest BCUT2D eigenvalue weighted by atomic mass is 10.2. The lowest BCUT2D eigenvalue weighted by Gasteiger charge is -2.29. The van der Waals surface area contributed by atoms with Gasteiger partial charge >= 0.3 is 0 Å². The molecule has 15 heavy (non-hydrogen) atoms. The standard InChI is InChI=1S/C12H21N3/c1-9(2)8-15(10(3)4)12-6-5-11(13)7-14-12/h5-7,9-10H,8,13H2,1-4H3. The first kappa shape index (κ1) is 11.8.